The van der Waals surface area contributed by atoms with Gasteiger partial charge in [-0.15, -0.1) is 23.5 Å². The third-order valence-corrected chi connectivity index (χ3v) is 6.48. The van der Waals surface area contributed by atoms with Gasteiger partial charge in [-0.25, -0.2) is 0 Å². The monoisotopic (exact) mass is 280 g/mol. The largest absolute Gasteiger partial charge is 0.396 e. The van der Waals surface area contributed by atoms with Gasteiger partial charge in [0.2, 0.25) is 0 Å². The van der Waals surface area contributed by atoms with Crippen LogP contribution < -0.4 is 0 Å². The van der Waals surface area contributed by atoms with Crippen LogP contribution in [0.15, 0.2) is 0 Å². The van der Waals surface area contributed by atoms with Gasteiger partial charge < -0.3 is 15.3 Å². The van der Waals surface area contributed by atoms with Crippen molar-refractivity contribution in [2.45, 2.75) is 48.7 Å². The highest BCUT2D eigenvalue weighted by Gasteiger charge is 2.35. The number of hydrogen-bond acceptors (Lipinski definition) is 5. The van der Waals surface area contributed by atoms with Crippen LogP contribution in [-0.4, -0.2) is 50.2 Å². The van der Waals surface area contributed by atoms with E-state index >= 15 is 0 Å². The lowest BCUT2D eigenvalue weighted by Gasteiger charge is -2.37. The Bertz CT molecular complexity index is 196. The van der Waals surface area contributed by atoms with E-state index in [-0.39, 0.29) is 17.3 Å². The van der Waals surface area contributed by atoms with Gasteiger partial charge in [-0.05, 0) is 50.0 Å². The number of rotatable bonds is 8. The van der Waals surface area contributed by atoms with Gasteiger partial charge in [-0.1, -0.05) is 0 Å². The highest BCUT2D eigenvalue weighted by molar-refractivity contribution is 8.18. The zero-order valence-corrected chi connectivity index (χ0v) is 11.9. The first-order valence-electron chi connectivity index (χ1n) is 6.40. The van der Waals surface area contributed by atoms with Crippen molar-refractivity contribution in [3.8, 4) is 0 Å². The first kappa shape index (κ1) is 15.6. The molecule has 1 fully saturated rings. The summed E-state index contributed by atoms with van der Waals surface area (Å²) < 4.78 is 0.113. The topological polar surface area (TPSA) is 60.7 Å². The molecule has 1 aliphatic rings. The summed E-state index contributed by atoms with van der Waals surface area (Å²) in [6, 6.07) is 0. The third-order valence-electron chi connectivity index (χ3n) is 2.99. The Kier molecular flexibility index (Phi) is 7.95. The molecule has 17 heavy (non-hydrogen) atoms. The average Bonchev–Trinajstić information content (AvgIpc) is 2.30. The van der Waals surface area contributed by atoms with Crippen LogP contribution in [0.2, 0.25) is 0 Å². The van der Waals surface area contributed by atoms with Crippen LogP contribution >= 0.6 is 23.5 Å². The van der Waals surface area contributed by atoms with Gasteiger partial charge in [0.1, 0.15) is 0 Å². The van der Waals surface area contributed by atoms with Gasteiger partial charge in [0.25, 0.3) is 0 Å². The molecular formula is C12H24O3S2. The molecule has 102 valence electrons. The Balaban J connectivity index is 2.45. The molecule has 1 heterocycles. The van der Waals surface area contributed by atoms with Crippen LogP contribution in [0.25, 0.3) is 0 Å². The summed E-state index contributed by atoms with van der Waals surface area (Å²) in [5, 5.41) is 27.6. The lowest BCUT2D eigenvalue weighted by atomic mass is 10.1. The van der Waals surface area contributed by atoms with E-state index in [0.717, 1.165) is 37.2 Å². The maximum absolute atomic E-state index is 9.89. The molecule has 1 aliphatic heterocycles. The molecule has 0 aliphatic carbocycles. The second kappa shape index (κ2) is 8.64. The van der Waals surface area contributed by atoms with Crippen LogP contribution in [0.5, 0.6) is 0 Å². The number of aliphatic hydroxyl groups excluding tert-OH is 3. The molecule has 0 aromatic rings. The lowest BCUT2D eigenvalue weighted by molar-refractivity contribution is 0.121. The molecule has 0 bridgehead atoms. The van der Waals surface area contributed by atoms with Crippen molar-refractivity contribution in [2.75, 3.05) is 24.7 Å². The zero-order chi connectivity index (χ0) is 12.6. The maximum Gasteiger partial charge on any atom is 0.0635 e. The summed E-state index contributed by atoms with van der Waals surface area (Å²) in [5.74, 6) is 2.33. The van der Waals surface area contributed by atoms with E-state index in [2.05, 4.69) is 0 Å². The standard InChI is InChI=1S/C12H24O3S2/c13-6-2-1-5-12(10-11(15)4-7-14)16-8-3-9-17-12/h11,13-15H,1-10H2. The molecule has 0 spiro atoms. The predicted octanol–water partition coefficient (Wildman–Crippen LogP) is 1.85. The lowest BCUT2D eigenvalue weighted by Crippen LogP contribution is -2.31. The van der Waals surface area contributed by atoms with Crippen molar-refractivity contribution in [1.82, 2.24) is 0 Å². The second-order valence-electron chi connectivity index (χ2n) is 4.51. The molecular weight excluding hydrogens is 256 g/mol. The molecule has 1 saturated heterocycles. The van der Waals surface area contributed by atoms with Gasteiger partial charge >= 0.3 is 0 Å². The molecule has 3 nitrogen and oxygen atoms in total. The van der Waals surface area contributed by atoms with E-state index in [1.165, 1.54) is 6.42 Å². The van der Waals surface area contributed by atoms with E-state index in [0.29, 0.717) is 6.42 Å². The van der Waals surface area contributed by atoms with Crippen LogP contribution in [0.4, 0.5) is 0 Å². The molecule has 1 atom stereocenters. The Labute approximate surface area is 112 Å². The summed E-state index contributed by atoms with van der Waals surface area (Å²) in [4.78, 5) is 0. The Hall–Kier alpha value is 0.580. The van der Waals surface area contributed by atoms with Crippen molar-refractivity contribution >= 4 is 23.5 Å². The molecule has 1 unspecified atom stereocenters. The van der Waals surface area contributed by atoms with Gasteiger partial charge in [-0.3, -0.25) is 0 Å². The Morgan fingerprint density at radius 2 is 1.76 bits per heavy atom. The molecule has 1 rings (SSSR count). The summed E-state index contributed by atoms with van der Waals surface area (Å²) >= 11 is 3.91. The number of hydrogen-bond donors (Lipinski definition) is 3. The van der Waals surface area contributed by atoms with Crippen molar-refractivity contribution < 1.29 is 15.3 Å². The number of thioether (sulfide) groups is 2. The second-order valence-corrected chi connectivity index (χ2v) is 7.73. The molecule has 0 amide bonds. The van der Waals surface area contributed by atoms with E-state index in [1.54, 1.807) is 0 Å². The summed E-state index contributed by atoms with van der Waals surface area (Å²) in [5.41, 5.74) is 0. The summed E-state index contributed by atoms with van der Waals surface area (Å²) in [6.45, 7) is 0.313. The van der Waals surface area contributed by atoms with Gasteiger partial charge in [0.05, 0.1) is 10.2 Å². The Morgan fingerprint density at radius 1 is 1.06 bits per heavy atom. The van der Waals surface area contributed by atoms with Crippen molar-refractivity contribution in [2.24, 2.45) is 0 Å². The van der Waals surface area contributed by atoms with E-state index < -0.39 is 6.10 Å². The summed E-state index contributed by atoms with van der Waals surface area (Å²) in [6.07, 6.45) is 4.99. The van der Waals surface area contributed by atoms with Crippen molar-refractivity contribution in [1.29, 1.82) is 0 Å². The SMILES string of the molecule is OCCCCC1(CC(O)CCO)SCCCS1. The number of unbranched alkanes of at least 4 members (excludes halogenated alkanes) is 1. The number of aliphatic hydroxyl groups is 3. The quantitative estimate of drug-likeness (QED) is 0.592. The van der Waals surface area contributed by atoms with E-state index in [1.807, 2.05) is 23.5 Å². The molecule has 5 heteroatoms. The fourth-order valence-electron chi connectivity index (χ4n) is 2.10. The molecule has 0 radical (unpaired) electrons. The minimum Gasteiger partial charge on any atom is -0.396 e. The third kappa shape index (κ3) is 5.83. The minimum absolute atomic E-state index is 0.0587. The van der Waals surface area contributed by atoms with Crippen LogP contribution in [0.1, 0.15) is 38.5 Å². The Morgan fingerprint density at radius 3 is 2.35 bits per heavy atom. The average molecular weight is 280 g/mol. The van der Waals surface area contributed by atoms with Gasteiger partial charge in [-0.2, -0.15) is 0 Å². The highest BCUT2D eigenvalue weighted by Crippen LogP contribution is 2.49. The maximum atomic E-state index is 9.89. The van der Waals surface area contributed by atoms with Crippen LogP contribution in [0.3, 0.4) is 0 Å². The van der Waals surface area contributed by atoms with Crippen molar-refractivity contribution in [3.05, 3.63) is 0 Å². The van der Waals surface area contributed by atoms with E-state index in [9.17, 15) is 5.11 Å². The first-order valence-corrected chi connectivity index (χ1v) is 8.37. The fourth-order valence-corrected chi connectivity index (χ4v) is 5.63. The molecule has 0 aromatic heterocycles. The van der Waals surface area contributed by atoms with Gasteiger partial charge in [0, 0.05) is 13.2 Å². The van der Waals surface area contributed by atoms with Crippen molar-refractivity contribution in [3.63, 3.8) is 0 Å². The molecule has 0 saturated carbocycles. The van der Waals surface area contributed by atoms with E-state index in [4.69, 9.17) is 10.2 Å². The zero-order valence-electron chi connectivity index (χ0n) is 10.3. The first-order chi connectivity index (χ1) is 8.22. The summed E-state index contributed by atoms with van der Waals surface area (Å²) in [7, 11) is 0. The molecule has 0 aromatic carbocycles. The van der Waals surface area contributed by atoms with Crippen LogP contribution in [0, 0.1) is 0 Å². The van der Waals surface area contributed by atoms with Crippen LogP contribution in [-0.2, 0) is 0 Å². The normalized spacial score (nSPS) is 21.4. The fraction of sp³-hybridized carbons (Fsp3) is 1.00. The highest BCUT2D eigenvalue weighted by atomic mass is 32.2. The minimum atomic E-state index is -0.396. The predicted molar refractivity (Wildman–Crippen MR) is 75.5 cm³/mol. The molecule has 3 N–H and O–H groups in total. The smallest absolute Gasteiger partial charge is 0.0635 e. The van der Waals surface area contributed by atoms with Gasteiger partial charge in [0.15, 0.2) is 0 Å².